The highest BCUT2D eigenvalue weighted by Crippen LogP contribution is 2.36. The van der Waals surface area contributed by atoms with Crippen molar-refractivity contribution in [1.29, 1.82) is 0 Å². The standard InChI is InChI=1S/C11H19N3O4S/c1-11(3-2-4-19-11)6-13-10(18)14-7(9(16)17)5-8(12)15/h7H,2-6H2,1H3,(H2,12,15)(H,16,17)(H2,13,14,18)/t7-,11?/m0/s1. The van der Waals surface area contributed by atoms with Gasteiger partial charge in [0, 0.05) is 11.3 Å². The van der Waals surface area contributed by atoms with Gasteiger partial charge in [0.25, 0.3) is 0 Å². The molecule has 1 heterocycles. The minimum Gasteiger partial charge on any atom is -0.480 e. The van der Waals surface area contributed by atoms with Gasteiger partial charge in [0.2, 0.25) is 5.91 Å². The van der Waals surface area contributed by atoms with Gasteiger partial charge in [0.05, 0.1) is 6.42 Å². The summed E-state index contributed by atoms with van der Waals surface area (Å²) >= 11 is 1.79. The zero-order valence-electron chi connectivity index (χ0n) is 10.8. The number of hydrogen-bond donors (Lipinski definition) is 4. The summed E-state index contributed by atoms with van der Waals surface area (Å²) in [6, 6.07) is -1.89. The molecule has 19 heavy (non-hydrogen) atoms. The first-order valence-corrected chi connectivity index (χ1v) is 7.00. The molecular formula is C11H19N3O4S. The molecule has 0 aromatic carbocycles. The number of nitrogens with two attached hydrogens (primary N) is 1. The van der Waals surface area contributed by atoms with Gasteiger partial charge in [-0.3, -0.25) is 4.79 Å². The van der Waals surface area contributed by atoms with Crippen molar-refractivity contribution in [3.63, 3.8) is 0 Å². The maximum atomic E-state index is 11.6. The van der Waals surface area contributed by atoms with E-state index in [-0.39, 0.29) is 4.75 Å². The number of amides is 3. The van der Waals surface area contributed by atoms with Gasteiger partial charge in [-0.2, -0.15) is 11.8 Å². The van der Waals surface area contributed by atoms with Crippen LogP contribution in [0.5, 0.6) is 0 Å². The quantitative estimate of drug-likeness (QED) is 0.544. The first-order chi connectivity index (χ1) is 8.82. The van der Waals surface area contributed by atoms with Gasteiger partial charge in [-0.25, -0.2) is 9.59 Å². The minimum atomic E-state index is -1.29. The summed E-state index contributed by atoms with van der Waals surface area (Å²) in [5, 5.41) is 13.7. The zero-order valence-corrected chi connectivity index (χ0v) is 11.6. The van der Waals surface area contributed by atoms with E-state index in [9.17, 15) is 14.4 Å². The number of carbonyl (C=O) groups excluding carboxylic acids is 2. The summed E-state index contributed by atoms with van der Waals surface area (Å²) in [5.74, 6) is -0.986. The van der Waals surface area contributed by atoms with E-state index >= 15 is 0 Å². The number of carbonyl (C=O) groups is 3. The van der Waals surface area contributed by atoms with Crippen LogP contribution in [0.3, 0.4) is 0 Å². The third kappa shape index (κ3) is 5.37. The summed E-state index contributed by atoms with van der Waals surface area (Å²) in [4.78, 5) is 33.1. The molecule has 5 N–H and O–H groups in total. The molecule has 2 atom stereocenters. The Bertz CT molecular complexity index is 369. The Morgan fingerprint density at radius 3 is 2.63 bits per heavy atom. The molecule has 1 rings (SSSR count). The first-order valence-electron chi connectivity index (χ1n) is 6.02. The molecule has 0 saturated carbocycles. The lowest BCUT2D eigenvalue weighted by molar-refractivity contribution is -0.140. The van der Waals surface area contributed by atoms with Crippen molar-refractivity contribution in [2.45, 2.75) is 37.0 Å². The van der Waals surface area contributed by atoms with Crippen LogP contribution in [-0.2, 0) is 9.59 Å². The molecule has 108 valence electrons. The van der Waals surface area contributed by atoms with Crippen molar-refractivity contribution in [2.24, 2.45) is 5.73 Å². The van der Waals surface area contributed by atoms with E-state index in [2.05, 4.69) is 17.6 Å². The van der Waals surface area contributed by atoms with Crippen LogP contribution in [0.2, 0.25) is 0 Å². The summed E-state index contributed by atoms with van der Waals surface area (Å²) in [6.45, 7) is 2.52. The lowest BCUT2D eigenvalue weighted by Gasteiger charge is -2.23. The molecule has 3 amide bonds. The average Bonchev–Trinajstić information content (AvgIpc) is 2.73. The van der Waals surface area contributed by atoms with E-state index in [1.807, 2.05) is 0 Å². The maximum absolute atomic E-state index is 11.6. The number of carboxylic acids is 1. The molecule has 1 unspecified atom stereocenters. The Hall–Kier alpha value is -1.44. The summed E-state index contributed by atoms with van der Waals surface area (Å²) in [6.07, 6.45) is 1.71. The summed E-state index contributed by atoms with van der Waals surface area (Å²) in [5.41, 5.74) is 4.92. The second-order valence-corrected chi connectivity index (χ2v) is 6.47. The van der Waals surface area contributed by atoms with Crippen molar-refractivity contribution in [1.82, 2.24) is 10.6 Å². The second kappa shape index (κ2) is 6.65. The highest BCUT2D eigenvalue weighted by Gasteiger charge is 2.30. The number of hydrogen-bond acceptors (Lipinski definition) is 4. The number of thioether (sulfide) groups is 1. The lowest BCUT2D eigenvalue weighted by Crippen LogP contribution is -2.49. The zero-order chi connectivity index (χ0) is 14.5. The van der Waals surface area contributed by atoms with Gasteiger partial charge in [0.15, 0.2) is 0 Å². The normalized spacial score (nSPS) is 23.6. The Labute approximate surface area is 115 Å². The number of nitrogens with one attached hydrogen (secondary N) is 2. The van der Waals surface area contributed by atoms with Crippen LogP contribution < -0.4 is 16.4 Å². The lowest BCUT2D eigenvalue weighted by atomic mass is 10.1. The van der Waals surface area contributed by atoms with E-state index in [0.717, 1.165) is 18.6 Å². The van der Waals surface area contributed by atoms with Crippen molar-refractivity contribution >= 4 is 29.7 Å². The van der Waals surface area contributed by atoms with Crippen LogP contribution in [0.25, 0.3) is 0 Å². The Kier molecular flexibility index (Phi) is 5.46. The molecule has 1 saturated heterocycles. The summed E-state index contributed by atoms with van der Waals surface area (Å²) < 4.78 is -0.000251. The fraction of sp³-hybridized carbons (Fsp3) is 0.727. The largest absolute Gasteiger partial charge is 0.480 e. The molecule has 0 aromatic heterocycles. The molecule has 0 aliphatic carbocycles. The molecule has 1 aliphatic heterocycles. The van der Waals surface area contributed by atoms with Crippen LogP contribution in [0.15, 0.2) is 0 Å². The van der Waals surface area contributed by atoms with Crippen LogP contribution in [0.1, 0.15) is 26.2 Å². The van der Waals surface area contributed by atoms with Gasteiger partial charge in [-0.05, 0) is 25.5 Å². The number of carboxylic acid groups (broad SMARTS) is 1. The van der Waals surface area contributed by atoms with Crippen LogP contribution in [-0.4, -0.2) is 46.1 Å². The first kappa shape index (κ1) is 15.6. The SMILES string of the molecule is CC1(CNC(=O)N[C@@H](CC(N)=O)C(=O)O)CCCS1. The summed E-state index contributed by atoms with van der Waals surface area (Å²) in [7, 11) is 0. The third-order valence-corrected chi connectivity index (χ3v) is 4.47. The molecule has 1 aliphatic rings. The van der Waals surface area contributed by atoms with E-state index in [1.54, 1.807) is 11.8 Å². The monoisotopic (exact) mass is 289 g/mol. The van der Waals surface area contributed by atoms with Gasteiger partial charge in [-0.1, -0.05) is 0 Å². The van der Waals surface area contributed by atoms with E-state index in [4.69, 9.17) is 10.8 Å². The number of rotatable bonds is 6. The predicted molar refractivity (Wildman–Crippen MR) is 71.9 cm³/mol. The molecule has 7 nitrogen and oxygen atoms in total. The van der Waals surface area contributed by atoms with Gasteiger partial charge < -0.3 is 21.5 Å². The predicted octanol–water partition coefficient (Wildman–Crippen LogP) is -0.100. The van der Waals surface area contributed by atoms with Crippen molar-refractivity contribution in [2.75, 3.05) is 12.3 Å². The maximum Gasteiger partial charge on any atom is 0.326 e. The van der Waals surface area contributed by atoms with Crippen LogP contribution in [0.4, 0.5) is 4.79 Å². The van der Waals surface area contributed by atoms with Crippen molar-refractivity contribution < 1.29 is 19.5 Å². The molecule has 0 spiro atoms. The Balaban J connectivity index is 2.40. The Morgan fingerprint density at radius 2 is 2.16 bits per heavy atom. The fourth-order valence-corrected chi connectivity index (χ4v) is 3.10. The van der Waals surface area contributed by atoms with E-state index in [1.165, 1.54) is 0 Å². The highest BCUT2D eigenvalue weighted by molar-refractivity contribution is 8.00. The Morgan fingerprint density at radius 1 is 1.47 bits per heavy atom. The van der Waals surface area contributed by atoms with Crippen LogP contribution >= 0.6 is 11.8 Å². The third-order valence-electron chi connectivity index (χ3n) is 2.93. The topological polar surface area (TPSA) is 122 Å². The average molecular weight is 289 g/mol. The number of aliphatic carboxylic acids is 1. The molecule has 0 bridgehead atoms. The van der Waals surface area contributed by atoms with Gasteiger partial charge in [-0.15, -0.1) is 0 Å². The molecule has 0 radical (unpaired) electrons. The van der Waals surface area contributed by atoms with Gasteiger partial charge >= 0.3 is 12.0 Å². The van der Waals surface area contributed by atoms with E-state index < -0.39 is 30.4 Å². The number of primary amides is 1. The fourth-order valence-electron chi connectivity index (χ4n) is 1.85. The highest BCUT2D eigenvalue weighted by atomic mass is 32.2. The molecular weight excluding hydrogens is 270 g/mol. The molecule has 8 heteroatoms. The molecule has 0 aromatic rings. The van der Waals surface area contributed by atoms with Crippen molar-refractivity contribution in [3.8, 4) is 0 Å². The van der Waals surface area contributed by atoms with E-state index in [0.29, 0.717) is 6.54 Å². The smallest absolute Gasteiger partial charge is 0.326 e. The van der Waals surface area contributed by atoms with Crippen molar-refractivity contribution in [3.05, 3.63) is 0 Å². The second-order valence-electron chi connectivity index (χ2n) is 4.79. The molecule has 1 fully saturated rings. The number of urea groups is 1. The van der Waals surface area contributed by atoms with Gasteiger partial charge in [0.1, 0.15) is 6.04 Å². The minimum absolute atomic E-state index is 0.000251. The van der Waals surface area contributed by atoms with Crippen LogP contribution in [0, 0.1) is 0 Å².